The number of unbranched alkanes of at least 4 members (excludes halogenated alkanes) is 11. The van der Waals surface area contributed by atoms with Crippen LogP contribution in [0.15, 0.2) is 0 Å². The van der Waals surface area contributed by atoms with Gasteiger partial charge < -0.3 is 66.5 Å². The Balaban J connectivity index is 3.94. The molecule has 0 aliphatic carbocycles. The normalized spacial score (nSPS) is 12.2. The molecule has 0 unspecified atom stereocenters. The molecule has 23 heteroatoms. The summed E-state index contributed by atoms with van der Waals surface area (Å²) in [6.45, 7) is 1.43. The van der Waals surface area contributed by atoms with Crippen molar-refractivity contribution in [2.45, 2.75) is 140 Å². The van der Waals surface area contributed by atoms with Crippen molar-refractivity contribution in [3.8, 4) is 0 Å². The number of carboxylic acid groups (broad SMARTS) is 4. The predicted octanol–water partition coefficient (Wildman–Crippen LogP) is 0.219. The Labute approximate surface area is 373 Å². The van der Waals surface area contributed by atoms with Crippen molar-refractivity contribution in [1.29, 1.82) is 0 Å². The van der Waals surface area contributed by atoms with Crippen LogP contribution in [0.25, 0.3) is 0 Å². The molecule has 366 valence electrons. The summed E-state index contributed by atoms with van der Waals surface area (Å²) in [5.41, 5.74) is 0. The van der Waals surface area contributed by atoms with Gasteiger partial charge in [-0.1, -0.05) is 64.2 Å². The van der Waals surface area contributed by atoms with Gasteiger partial charge in [-0.25, -0.2) is 9.59 Å². The van der Waals surface area contributed by atoms with Crippen LogP contribution in [0.2, 0.25) is 0 Å². The lowest BCUT2D eigenvalue weighted by atomic mass is 10.0. The van der Waals surface area contributed by atoms with E-state index in [4.69, 9.17) is 24.4 Å². The minimum atomic E-state index is -1.72. The van der Waals surface area contributed by atoms with Gasteiger partial charge in [-0.15, -0.1) is 0 Å². The molecule has 0 spiro atoms. The first-order valence-electron chi connectivity index (χ1n) is 21.9. The summed E-state index contributed by atoms with van der Waals surface area (Å²) in [6.07, 6.45) is 11.6. The van der Waals surface area contributed by atoms with Crippen molar-refractivity contribution >= 4 is 59.8 Å². The van der Waals surface area contributed by atoms with Gasteiger partial charge in [0.15, 0.2) is 0 Å². The van der Waals surface area contributed by atoms with Crippen LogP contribution < -0.4 is 31.9 Å². The SMILES string of the molecule is O=CNCC(=O)N[C@@H](CC(=O)O)C(=O)N[C@@H](CC(=O)NCCCOCCOCCOCCCNC(=O)C[C@H](NC(=O)CCCCCCCCCCCCCCC(=O)O)C(=O)O)C(=O)O. The standard InChI is InChI=1S/C41H70N6O17/c48-29-42-28-36(52)45-30(27-38(55)56)39(57)47-32(41(60)61)26-35(51)44-18-14-20-63-22-24-64-23-21-62-19-13-17-43-34(50)25-31(40(58)59)46-33(49)15-11-9-7-5-3-1-2-4-6-8-10-12-16-37(53)54/h29-32H,1-28H2,(H,42,48)(H,43,50)(H,44,51)(H,45,52)(H,46,49)(H,47,57)(H,53,54)(H,55,56)(H,58,59)(H,60,61)/t30-,31-,32-/m0/s1. The molecule has 0 fully saturated rings. The Morgan fingerprint density at radius 3 is 1.25 bits per heavy atom. The first-order valence-corrected chi connectivity index (χ1v) is 21.9. The first-order chi connectivity index (χ1) is 30.7. The van der Waals surface area contributed by atoms with Gasteiger partial charge in [0.1, 0.15) is 18.1 Å². The van der Waals surface area contributed by atoms with E-state index in [1.54, 1.807) is 0 Å². The molecule has 0 bridgehead atoms. The molecular formula is C41H70N6O17. The van der Waals surface area contributed by atoms with Gasteiger partial charge in [-0.2, -0.15) is 0 Å². The van der Waals surface area contributed by atoms with Gasteiger partial charge in [-0.05, 0) is 25.7 Å². The maximum absolute atomic E-state index is 12.5. The van der Waals surface area contributed by atoms with E-state index in [9.17, 15) is 58.2 Å². The zero-order valence-corrected chi connectivity index (χ0v) is 36.7. The second-order valence-electron chi connectivity index (χ2n) is 14.9. The summed E-state index contributed by atoms with van der Waals surface area (Å²) in [5, 5.41) is 50.3. The molecule has 0 saturated heterocycles. The lowest BCUT2D eigenvalue weighted by Gasteiger charge is -2.20. The molecule has 6 amide bonds. The summed E-state index contributed by atoms with van der Waals surface area (Å²) in [7, 11) is 0. The number of rotatable bonds is 44. The predicted molar refractivity (Wildman–Crippen MR) is 227 cm³/mol. The minimum absolute atomic E-state index is 0.123. The zero-order valence-electron chi connectivity index (χ0n) is 36.7. The molecule has 0 aromatic rings. The van der Waals surface area contributed by atoms with Crippen molar-refractivity contribution in [3.63, 3.8) is 0 Å². The quantitative estimate of drug-likeness (QED) is 0.0289. The molecule has 0 heterocycles. The lowest BCUT2D eigenvalue weighted by Crippen LogP contribution is -2.54. The van der Waals surface area contributed by atoms with E-state index in [2.05, 4.69) is 21.3 Å². The van der Waals surface area contributed by atoms with E-state index < -0.39 is 97.3 Å². The fraction of sp³-hybridized carbons (Fsp3) is 0.756. The van der Waals surface area contributed by atoms with Crippen LogP contribution in [0.1, 0.15) is 122 Å². The molecule has 0 rings (SSSR count). The van der Waals surface area contributed by atoms with E-state index in [-0.39, 0.29) is 65.4 Å². The van der Waals surface area contributed by atoms with Crippen LogP contribution in [0, 0.1) is 0 Å². The maximum atomic E-state index is 12.5. The molecule has 0 radical (unpaired) electrons. The molecule has 23 nitrogen and oxygen atoms in total. The lowest BCUT2D eigenvalue weighted by molar-refractivity contribution is -0.145. The second kappa shape index (κ2) is 39.2. The minimum Gasteiger partial charge on any atom is -0.481 e. The Bertz CT molecular complexity index is 1420. The number of hydrogen-bond donors (Lipinski definition) is 10. The molecule has 0 aliphatic rings. The Hall–Kier alpha value is -5.42. The highest BCUT2D eigenvalue weighted by Crippen LogP contribution is 2.13. The molecule has 64 heavy (non-hydrogen) atoms. The van der Waals surface area contributed by atoms with E-state index in [0.29, 0.717) is 25.9 Å². The average Bonchev–Trinajstić information content (AvgIpc) is 3.23. The van der Waals surface area contributed by atoms with E-state index in [1.807, 2.05) is 10.6 Å². The van der Waals surface area contributed by atoms with Crippen LogP contribution in [0.4, 0.5) is 0 Å². The van der Waals surface area contributed by atoms with E-state index in [1.165, 1.54) is 0 Å². The molecule has 0 saturated carbocycles. The third kappa shape index (κ3) is 36.1. The van der Waals surface area contributed by atoms with Crippen LogP contribution in [0.5, 0.6) is 0 Å². The molecule has 3 atom stereocenters. The van der Waals surface area contributed by atoms with Crippen molar-refractivity contribution < 1.29 is 82.6 Å². The highest BCUT2D eigenvalue weighted by molar-refractivity contribution is 5.94. The smallest absolute Gasteiger partial charge is 0.326 e. The van der Waals surface area contributed by atoms with Crippen LogP contribution >= 0.6 is 0 Å². The number of carbonyl (C=O) groups is 10. The fourth-order valence-electron chi connectivity index (χ4n) is 5.89. The van der Waals surface area contributed by atoms with Crippen molar-refractivity contribution in [3.05, 3.63) is 0 Å². The molecule has 0 aromatic heterocycles. The Morgan fingerprint density at radius 2 is 0.828 bits per heavy atom. The summed E-state index contributed by atoms with van der Waals surface area (Å²) in [5.74, 6) is -8.73. The largest absolute Gasteiger partial charge is 0.481 e. The fourth-order valence-corrected chi connectivity index (χ4v) is 5.89. The molecule has 10 N–H and O–H groups in total. The highest BCUT2D eigenvalue weighted by Gasteiger charge is 2.29. The maximum Gasteiger partial charge on any atom is 0.326 e. The topological polar surface area (TPSA) is 351 Å². The number of carboxylic acids is 4. The summed E-state index contributed by atoms with van der Waals surface area (Å²) in [6, 6.07) is -4.70. The molecule has 0 aliphatic heterocycles. The van der Waals surface area contributed by atoms with Gasteiger partial charge in [0.05, 0.1) is 52.2 Å². The van der Waals surface area contributed by atoms with Crippen LogP contribution in [-0.2, 0) is 62.2 Å². The van der Waals surface area contributed by atoms with Gasteiger partial charge in [-0.3, -0.25) is 38.4 Å². The van der Waals surface area contributed by atoms with E-state index >= 15 is 0 Å². The number of amides is 6. The second-order valence-corrected chi connectivity index (χ2v) is 14.9. The van der Waals surface area contributed by atoms with Gasteiger partial charge in [0.25, 0.3) is 0 Å². The average molecular weight is 919 g/mol. The number of carbonyl (C=O) groups excluding carboxylic acids is 6. The third-order valence-electron chi connectivity index (χ3n) is 9.27. The highest BCUT2D eigenvalue weighted by atomic mass is 16.5. The summed E-state index contributed by atoms with van der Waals surface area (Å²) >= 11 is 0. The monoisotopic (exact) mass is 918 g/mol. The van der Waals surface area contributed by atoms with Crippen molar-refractivity contribution in [1.82, 2.24) is 31.9 Å². The summed E-state index contributed by atoms with van der Waals surface area (Å²) in [4.78, 5) is 116. The third-order valence-corrected chi connectivity index (χ3v) is 9.27. The number of ether oxygens (including phenoxy) is 3. The first kappa shape index (κ1) is 58.6. The van der Waals surface area contributed by atoms with Gasteiger partial charge in [0.2, 0.25) is 35.9 Å². The Kier molecular flexibility index (Phi) is 35.9. The van der Waals surface area contributed by atoms with Gasteiger partial charge >= 0.3 is 23.9 Å². The zero-order chi connectivity index (χ0) is 47.8. The van der Waals surface area contributed by atoms with Crippen molar-refractivity contribution in [2.24, 2.45) is 0 Å². The number of aliphatic carboxylic acids is 4. The van der Waals surface area contributed by atoms with Crippen LogP contribution in [0.3, 0.4) is 0 Å². The molecular weight excluding hydrogens is 848 g/mol. The van der Waals surface area contributed by atoms with Crippen molar-refractivity contribution in [2.75, 3.05) is 59.3 Å². The number of hydrogen-bond acceptors (Lipinski definition) is 13. The van der Waals surface area contributed by atoms with Gasteiger partial charge in [0, 0.05) is 39.1 Å². The van der Waals surface area contributed by atoms with Crippen LogP contribution in [-0.4, -0.2) is 158 Å². The van der Waals surface area contributed by atoms with E-state index in [0.717, 1.165) is 70.6 Å². The summed E-state index contributed by atoms with van der Waals surface area (Å²) < 4.78 is 16.3. The Morgan fingerprint density at radius 1 is 0.422 bits per heavy atom. The number of nitrogens with one attached hydrogen (secondary N) is 6. The molecule has 0 aromatic carbocycles.